The molecule has 0 unspecified atom stereocenters. The van der Waals surface area contributed by atoms with Gasteiger partial charge >= 0.3 is 0 Å². The Bertz CT molecular complexity index is 688. The van der Waals surface area contributed by atoms with E-state index in [0.29, 0.717) is 22.9 Å². The molecule has 0 fully saturated rings. The number of carbonyl (C=O) groups is 1. The first-order chi connectivity index (χ1) is 9.63. The first-order valence-corrected chi connectivity index (χ1v) is 7.33. The molecule has 0 radical (unpaired) electrons. The molecule has 0 spiro atoms. The van der Waals surface area contributed by atoms with E-state index in [1.807, 2.05) is 18.2 Å². The van der Waals surface area contributed by atoms with Gasteiger partial charge in [-0.1, -0.05) is 27.5 Å². The van der Waals surface area contributed by atoms with Crippen LogP contribution in [0, 0.1) is 0 Å². The molecule has 1 heterocycles. The van der Waals surface area contributed by atoms with Crippen LogP contribution < -0.4 is 10.1 Å². The van der Waals surface area contributed by atoms with Gasteiger partial charge in [0.2, 0.25) is 0 Å². The van der Waals surface area contributed by atoms with E-state index in [9.17, 15) is 4.79 Å². The van der Waals surface area contributed by atoms with Crippen molar-refractivity contribution in [2.75, 3.05) is 11.9 Å². The van der Waals surface area contributed by atoms with Crippen molar-refractivity contribution in [2.24, 2.45) is 0 Å². The lowest BCUT2D eigenvalue weighted by atomic mass is 10.1. The van der Waals surface area contributed by atoms with E-state index in [1.165, 1.54) is 0 Å². The molecule has 1 aliphatic heterocycles. The zero-order chi connectivity index (χ0) is 14.1. The second-order valence-electron chi connectivity index (χ2n) is 4.50. The minimum atomic E-state index is -0.181. The third kappa shape index (κ3) is 2.67. The fraction of sp³-hybridized carbons (Fsp3) is 0.133. The van der Waals surface area contributed by atoms with E-state index >= 15 is 0 Å². The van der Waals surface area contributed by atoms with E-state index in [1.54, 1.807) is 18.2 Å². The lowest BCUT2D eigenvalue weighted by Crippen LogP contribution is -2.12. The van der Waals surface area contributed by atoms with Gasteiger partial charge in [0.1, 0.15) is 5.75 Å². The Kier molecular flexibility index (Phi) is 3.68. The van der Waals surface area contributed by atoms with Gasteiger partial charge in [0, 0.05) is 16.5 Å². The van der Waals surface area contributed by atoms with Gasteiger partial charge in [0.15, 0.2) is 0 Å². The molecular formula is C15H11BrClNO2. The average molecular weight is 353 g/mol. The first kappa shape index (κ1) is 13.5. The van der Waals surface area contributed by atoms with Gasteiger partial charge in [-0.05, 0) is 42.0 Å². The third-order valence-corrected chi connectivity index (χ3v) is 3.95. The Morgan fingerprint density at radius 1 is 1.25 bits per heavy atom. The number of fused-ring (bicyclic) bond motifs is 1. The van der Waals surface area contributed by atoms with Crippen molar-refractivity contribution in [3.63, 3.8) is 0 Å². The Hall–Kier alpha value is -1.52. The van der Waals surface area contributed by atoms with Crippen LogP contribution in [0.5, 0.6) is 5.75 Å². The second-order valence-corrected chi connectivity index (χ2v) is 5.82. The van der Waals surface area contributed by atoms with Gasteiger partial charge in [-0.3, -0.25) is 4.79 Å². The summed E-state index contributed by atoms with van der Waals surface area (Å²) in [5.74, 6) is 0.682. The quantitative estimate of drug-likeness (QED) is 0.875. The number of carbonyl (C=O) groups excluding carboxylic acids is 1. The van der Waals surface area contributed by atoms with Crippen molar-refractivity contribution in [3.05, 3.63) is 57.0 Å². The lowest BCUT2D eigenvalue weighted by Gasteiger charge is -2.08. The van der Waals surface area contributed by atoms with Crippen molar-refractivity contribution in [2.45, 2.75) is 6.42 Å². The molecule has 5 heteroatoms. The number of anilines is 1. The molecule has 2 aromatic carbocycles. The molecule has 1 N–H and O–H groups in total. The average Bonchev–Trinajstić information content (AvgIpc) is 2.90. The van der Waals surface area contributed by atoms with Crippen molar-refractivity contribution in [3.8, 4) is 5.75 Å². The predicted molar refractivity (Wildman–Crippen MR) is 82.7 cm³/mol. The Morgan fingerprint density at radius 3 is 2.95 bits per heavy atom. The van der Waals surface area contributed by atoms with Crippen LogP contribution in [0.2, 0.25) is 5.02 Å². The number of ether oxygens (including phenoxy) is 1. The van der Waals surface area contributed by atoms with Crippen molar-refractivity contribution >= 4 is 39.1 Å². The van der Waals surface area contributed by atoms with Gasteiger partial charge in [-0.15, -0.1) is 0 Å². The monoisotopic (exact) mass is 351 g/mol. The summed E-state index contributed by atoms with van der Waals surface area (Å²) in [4.78, 5) is 12.3. The molecule has 0 aromatic heterocycles. The van der Waals surface area contributed by atoms with Gasteiger partial charge in [-0.25, -0.2) is 0 Å². The topological polar surface area (TPSA) is 38.3 Å². The maximum Gasteiger partial charge on any atom is 0.255 e. The SMILES string of the molecule is O=C(Nc1cc(Br)ccc1Cl)c1ccc2c(c1)CCO2. The van der Waals surface area contributed by atoms with Gasteiger partial charge in [0.25, 0.3) is 5.91 Å². The van der Waals surface area contributed by atoms with E-state index in [2.05, 4.69) is 21.2 Å². The minimum absolute atomic E-state index is 0.181. The Balaban J connectivity index is 1.84. The lowest BCUT2D eigenvalue weighted by molar-refractivity contribution is 0.102. The highest BCUT2D eigenvalue weighted by Crippen LogP contribution is 2.28. The summed E-state index contributed by atoms with van der Waals surface area (Å²) in [6, 6.07) is 10.8. The maximum atomic E-state index is 12.3. The first-order valence-electron chi connectivity index (χ1n) is 6.15. The van der Waals surface area contributed by atoms with Crippen LogP contribution >= 0.6 is 27.5 Å². The minimum Gasteiger partial charge on any atom is -0.493 e. The summed E-state index contributed by atoms with van der Waals surface area (Å²) >= 11 is 9.42. The molecular weight excluding hydrogens is 342 g/mol. The second kappa shape index (κ2) is 5.46. The molecule has 20 heavy (non-hydrogen) atoms. The summed E-state index contributed by atoms with van der Waals surface area (Å²) in [6.07, 6.45) is 0.841. The van der Waals surface area contributed by atoms with E-state index < -0.39 is 0 Å². The zero-order valence-electron chi connectivity index (χ0n) is 10.5. The highest BCUT2D eigenvalue weighted by molar-refractivity contribution is 9.10. The van der Waals surface area contributed by atoms with Crippen LogP contribution in [0.4, 0.5) is 5.69 Å². The molecule has 2 aromatic rings. The number of rotatable bonds is 2. The normalized spacial score (nSPS) is 12.7. The van der Waals surface area contributed by atoms with Crippen LogP contribution in [0.25, 0.3) is 0 Å². The smallest absolute Gasteiger partial charge is 0.255 e. The standard InChI is InChI=1S/C15H11BrClNO2/c16-11-2-3-12(17)13(8-11)18-15(19)10-1-4-14-9(7-10)5-6-20-14/h1-4,7-8H,5-6H2,(H,18,19). The van der Waals surface area contributed by atoms with Crippen LogP contribution in [0.15, 0.2) is 40.9 Å². The molecule has 0 bridgehead atoms. The summed E-state index contributed by atoms with van der Waals surface area (Å²) in [5, 5.41) is 3.32. The Labute approximate surface area is 130 Å². The molecule has 0 atom stereocenters. The number of benzene rings is 2. The summed E-state index contributed by atoms with van der Waals surface area (Å²) in [7, 11) is 0. The van der Waals surface area contributed by atoms with E-state index in [0.717, 1.165) is 22.2 Å². The maximum absolute atomic E-state index is 12.3. The Morgan fingerprint density at radius 2 is 2.10 bits per heavy atom. The number of hydrogen-bond acceptors (Lipinski definition) is 2. The number of hydrogen-bond donors (Lipinski definition) is 1. The number of amides is 1. The van der Waals surface area contributed by atoms with Crippen LogP contribution in [0.3, 0.4) is 0 Å². The molecule has 1 aliphatic rings. The molecule has 0 saturated heterocycles. The number of halogens is 2. The molecule has 102 valence electrons. The van der Waals surface area contributed by atoms with Crippen LogP contribution in [-0.4, -0.2) is 12.5 Å². The fourth-order valence-electron chi connectivity index (χ4n) is 2.12. The van der Waals surface area contributed by atoms with Crippen LogP contribution in [-0.2, 0) is 6.42 Å². The van der Waals surface area contributed by atoms with Gasteiger partial charge in [0.05, 0.1) is 17.3 Å². The summed E-state index contributed by atoms with van der Waals surface area (Å²) in [5.41, 5.74) is 2.26. The van der Waals surface area contributed by atoms with Crippen molar-refractivity contribution in [1.29, 1.82) is 0 Å². The third-order valence-electron chi connectivity index (χ3n) is 3.13. The summed E-state index contributed by atoms with van der Waals surface area (Å²) < 4.78 is 6.29. The van der Waals surface area contributed by atoms with E-state index in [4.69, 9.17) is 16.3 Å². The molecule has 1 amide bonds. The predicted octanol–water partition coefficient (Wildman–Crippen LogP) is 4.29. The number of nitrogens with one attached hydrogen (secondary N) is 1. The summed E-state index contributed by atoms with van der Waals surface area (Å²) in [6.45, 7) is 0.678. The molecule has 3 nitrogen and oxygen atoms in total. The molecule has 3 rings (SSSR count). The van der Waals surface area contributed by atoms with Gasteiger partial charge < -0.3 is 10.1 Å². The van der Waals surface area contributed by atoms with Gasteiger partial charge in [-0.2, -0.15) is 0 Å². The zero-order valence-corrected chi connectivity index (χ0v) is 12.8. The largest absolute Gasteiger partial charge is 0.493 e. The molecule has 0 aliphatic carbocycles. The highest BCUT2D eigenvalue weighted by atomic mass is 79.9. The van der Waals surface area contributed by atoms with Crippen molar-refractivity contribution in [1.82, 2.24) is 0 Å². The van der Waals surface area contributed by atoms with E-state index in [-0.39, 0.29) is 5.91 Å². The molecule has 0 saturated carbocycles. The van der Waals surface area contributed by atoms with Crippen LogP contribution in [0.1, 0.15) is 15.9 Å². The highest BCUT2D eigenvalue weighted by Gasteiger charge is 2.15. The van der Waals surface area contributed by atoms with Crippen molar-refractivity contribution < 1.29 is 9.53 Å². The fourth-order valence-corrected chi connectivity index (χ4v) is 2.64.